The standard InChI is InChI=1S/C27H36N2.C11H16NO2.ClH.Pd/c1-18(2)22-11-9-12-23(19(3)4)26(22)28-15-16-29(17-28)27-24(20(5)6)13-10-14-25(27)21(7)8;1-12(2)8-9-5-6-10(13-3)7-11(9)14-4;;/h9-16,18-21H,1-8H3;6-7H,8H2,1-4H3;1H;/q;;;+1/p-1. The maximum atomic E-state index is 8.00. The number of methoxy groups -OCH3 is 2. The number of rotatable bonds is 11. The molecule has 0 saturated carbocycles. The van der Waals surface area contributed by atoms with E-state index in [1.165, 1.54) is 33.6 Å². The van der Waals surface area contributed by atoms with Gasteiger partial charge in [0, 0.05) is 0 Å². The van der Waals surface area contributed by atoms with Crippen LogP contribution in [0.5, 0.6) is 11.5 Å². The molecule has 0 aliphatic rings. The normalized spacial score (nSPS) is 12.3. The Hall–Kier alpha value is -2.62. The summed E-state index contributed by atoms with van der Waals surface area (Å²) in [6.45, 7) is 18.9. The molecule has 0 aliphatic carbocycles. The van der Waals surface area contributed by atoms with Gasteiger partial charge in [0.1, 0.15) is 0 Å². The van der Waals surface area contributed by atoms with Crippen LogP contribution in [0.25, 0.3) is 11.4 Å². The Morgan fingerprint density at radius 3 is 1.44 bits per heavy atom. The van der Waals surface area contributed by atoms with E-state index in [1.54, 1.807) is 14.2 Å². The first-order valence-electron chi connectivity index (χ1n) is 15.9. The predicted molar refractivity (Wildman–Crippen MR) is 187 cm³/mol. The third-order valence-corrected chi connectivity index (χ3v) is 12.4. The average molecular weight is 725 g/mol. The van der Waals surface area contributed by atoms with E-state index in [9.17, 15) is 0 Å². The number of halogens is 1. The molecular weight excluding hydrogens is 672 g/mol. The molecule has 3 aromatic carbocycles. The van der Waals surface area contributed by atoms with Crippen molar-refractivity contribution in [1.29, 1.82) is 0 Å². The first-order valence-corrected chi connectivity index (χ1v) is 19.4. The molecule has 5 nitrogen and oxygen atoms in total. The van der Waals surface area contributed by atoms with Gasteiger partial charge in [0.15, 0.2) is 0 Å². The summed E-state index contributed by atoms with van der Waals surface area (Å²) in [6, 6.07) is 17.6. The molecule has 0 bridgehead atoms. The molecule has 0 amide bonds. The minimum absolute atomic E-state index is 0.338. The molecule has 0 fully saturated rings. The van der Waals surface area contributed by atoms with Crippen LogP contribution in [0.15, 0.2) is 60.9 Å². The number of para-hydroxylation sites is 2. The Bertz CT molecular complexity index is 1580. The number of hydrogen-bond donors (Lipinski definition) is 0. The second-order valence-electron chi connectivity index (χ2n) is 13.2. The van der Waals surface area contributed by atoms with E-state index in [-0.39, 0.29) is 0 Å². The van der Waals surface area contributed by atoms with Gasteiger partial charge in [-0.05, 0) is 0 Å². The predicted octanol–water partition coefficient (Wildman–Crippen LogP) is 9.47. The third-order valence-electron chi connectivity index (χ3n) is 8.20. The van der Waals surface area contributed by atoms with Crippen molar-refractivity contribution in [3.05, 3.63) is 92.6 Å². The van der Waals surface area contributed by atoms with Crippen LogP contribution in [0.1, 0.15) is 107 Å². The SMILES string of the molecule is COc1cc(OC)c(CN(C)C)[c]([Pd]([Cl])=[c]2n(-c3c(C(C)C)cccc3C(C)C)ccn2-c2c(C(C)C)cccc2C(C)C)c1. The molecule has 4 rings (SSSR count). The second-order valence-corrected chi connectivity index (χ2v) is 17.1. The Balaban J connectivity index is 2.32. The van der Waals surface area contributed by atoms with E-state index in [4.69, 9.17) is 19.0 Å². The fourth-order valence-electron chi connectivity index (χ4n) is 5.93. The van der Waals surface area contributed by atoms with Crippen LogP contribution in [0.4, 0.5) is 0 Å². The molecule has 0 radical (unpaired) electrons. The second kappa shape index (κ2) is 14.9. The van der Waals surface area contributed by atoms with Crippen LogP contribution in [0.2, 0.25) is 0 Å². The molecule has 0 spiro atoms. The van der Waals surface area contributed by atoms with E-state index >= 15 is 0 Å². The van der Waals surface area contributed by atoms with Gasteiger partial charge >= 0.3 is 282 Å². The monoisotopic (exact) mass is 723 g/mol. The van der Waals surface area contributed by atoms with Crippen LogP contribution in [0.3, 0.4) is 0 Å². The third kappa shape index (κ3) is 7.21. The van der Waals surface area contributed by atoms with E-state index in [2.05, 4.69) is 138 Å². The zero-order chi connectivity index (χ0) is 33.2. The molecule has 4 aromatic rings. The molecular formula is C38H52ClN3O2Pd. The fraction of sp³-hybridized carbons (Fsp3) is 0.447. The van der Waals surface area contributed by atoms with Crippen molar-refractivity contribution >= 4 is 13.6 Å². The first kappa shape index (κ1) is 35.2. The molecule has 0 saturated heterocycles. The summed E-state index contributed by atoms with van der Waals surface area (Å²) in [5.74, 6) is 2.90. The molecule has 0 atom stereocenters. The van der Waals surface area contributed by atoms with Crippen molar-refractivity contribution in [2.75, 3.05) is 28.3 Å². The molecule has 0 N–H and O–H groups in total. The van der Waals surface area contributed by atoms with Crippen molar-refractivity contribution in [3.8, 4) is 22.9 Å². The molecule has 0 aliphatic heterocycles. The van der Waals surface area contributed by atoms with Gasteiger partial charge in [0.2, 0.25) is 0 Å². The Morgan fingerprint density at radius 1 is 0.689 bits per heavy atom. The number of aromatic nitrogens is 2. The van der Waals surface area contributed by atoms with E-state index < -0.39 is 15.3 Å². The van der Waals surface area contributed by atoms with Crippen LogP contribution < -0.4 is 13.5 Å². The van der Waals surface area contributed by atoms with Gasteiger partial charge in [0.05, 0.1) is 0 Å². The molecule has 248 valence electrons. The van der Waals surface area contributed by atoms with Crippen LogP contribution in [-0.2, 0) is 21.8 Å². The maximum absolute atomic E-state index is 8.00. The average Bonchev–Trinajstić information content (AvgIpc) is 3.43. The number of ether oxygens (including phenoxy) is 2. The van der Waals surface area contributed by atoms with Gasteiger partial charge in [-0.1, -0.05) is 0 Å². The summed E-state index contributed by atoms with van der Waals surface area (Å²) >= 11 is -2.16. The van der Waals surface area contributed by atoms with Gasteiger partial charge in [-0.3, -0.25) is 0 Å². The summed E-state index contributed by atoms with van der Waals surface area (Å²) in [7, 11) is 15.6. The molecule has 45 heavy (non-hydrogen) atoms. The van der Waals surface area contributed by atoms with Crippen molar-refractivity contribution in [1.82, 2.24) is 14.0 Å². The number of imidazole rings is 1. The van der Waals surface area contributed by atoms with E-state index in [0.717, 1.165) is 25.0 Å². The summed E-state index contributed by atoms with van der Waals surface area (Å²) in [4.78, 5) is 2.17. The molecule has 1 heterocycles. The summed E-state index contributed by atoms with van der Waals surface area (Å²) in [6.07, 6.45) is 4.48. The number of nitrogens with zero attached hydrogens (tertiary/aromatic N) is 3. The van der Waals surface area contributed by atoms with Crippen LogP contribution >= 0.6 is 9.53 Å². The van der Waals surface area contributed by atoms with Gasteiger partial charge in [-0.15, -0.1) is 0 Å². The van der Waals surface area contributed by atoms with Gasteiger partial charge in [0.25, 0.3) is 0 Å². The van der Waals surface area contributed by atoms with Crippen LogP contribution in [-0.4, -0.2) is 42.3 Å². The van der Waals surface area contributed by atoms with Crippen molar-refractivity contribution in [2.45, 2.75) is 85.6 Å². The Labute approximate surface area is 280 Å². The minimum atomic E-state index is -2.16. The van der Waals surface area contributed by atoms with Crippen LogP contribution in [0, 0.1) is 3.89 Å². The van der Waals surface area contributed by atoms with Gasteiger partial charge in [-0.25, -0.2) is 0 Å². The van der Waals surface area contributed by atoms with E-state index in [1.807, 2.05) is 6.07 Å². The first-order chi connectivity index (χ1) is 21.3. The van der Waals surface area contributed by atoms with Gasteiger partial charge in [-0.2, -0.15) is 0 Å². The summed E-state index contributed by atoms with van der Waals surface area (Å²) < 4.78 is 18.8. The van der Waals surface area contributed by atoms with E-state index in [0.29, 0.717) is 30.2 Å². The summed E-state index contributed by atoms with van der Waals surface area (Å²) in [5.41, 5.74) is 8.84. The zero-order valence-corrected chi connectivity index (χ0v) is 31.5. The zero-order valence-electron chi connectivity index (χ0n) is 29.1. The quantitative estimate of drug-likeness (QED) is 0.145. The molecule has 0 unspecified atom stereocenters. The van der Waals surface area contributed by atoms with Crippen molar-refractivity contribution in [2.24, 2.45) is 0 Å². The molecule has 7 heteroatoms. The Kier molecular flexibility index (Phi) is 11.6. The van der Waals surface area contributed by atoms with Crippen molar-refractivity contribution in [3.63, 3.8) is 0 Å². The fourth-order valence-corrected chi connectivity index (χ4v) is 10.0. The number of benzene rings is 3. The van der Waals surface area contributed by atoms with Crippen molar-refractivity contribution < 1.29 is 24.8 Å². The molecule has 1 aromatic heterocycles. The Morgan fingerprint density at radius 2 is 1.11 bits per heavy atom. The number of hydrogen-bond acceptors (Lipinski definition) is 3. The summed E-state index contributed by atoms with van der Waals surface area (Å²) in [5, 5.41) is 0. The van der Waals surface area contributed by atoms with Gasteiger partial charge < -0.3 is 0 Å². The topological polar surface area (TPSA) is 31.6 Å².